The maximum absolute atomic E-state index is 13.8. The zero-order valence-electron chi connectivity index (χ0n) is 20.8. The van der Waals surface area contributed by atoms with Crippen molar-refractivity contribution < 1.29 is 18.0 Å². The van der Waals surface area contributed by atoms with E-state index in [4.69, 9.17) is 23.2 Å². The summed E-state index contributed by atoms with van der Waals surface area (Å²) >= 11 is 12.1. The minimum absolute atomic E-state index is 0.0340. The lowest BCUT2D eigenvalue weighted by Gasteiger charge is -2.33. The van der Waals surface area contributed by atoms with Crippen LogP contribution in [0.5, 0.6) is 0 Å². The van der Waals surface area contributed by atoms with Crippen LogP contribution in [0.4, 0.5) is 5.69 Å². The number of carbonyl (C=O) groups is 2. The van der Waals surface area contributed by atoms with E-state index in [1.165, 1.54) is 42.3 Å². The van der Waals surface area contributed by atoms with E-state index in [0.717, 1.165) is 15.4 Å². The van der Waals surface area contributed by atoms with Crippen LogP contribution in [0.3, 0.4) is 0 Å². The number of likely N-dealkylation sites (N-methyl/N-ethyl adjacent to an activating group) is 1. The maximum Gasteiger partial charge on any atom is 0.264 e. The lowest BCUT2D eigenvalue weighted by Crippen LogP contribution is -2.51. The van der Waals surface area contributed by atoms with E-state index < -0.39 is 28.5 Å². The summed E-state index contributed by atoms with van der Waals surface area (Å²) in [6.45, 7) is 3.34. The average Bonchev–Trinajstić information content (AvgIpc) is 2.87. The molecule has 196 valence electrons. The van der Waals surface area contributed by atoms with Crippen molar-refractivity contribution in [3.63, 3.8) is 0 Å². The van der Waals surface area contributed by atoms with Crippen molar-refractivity contribution in [1.82, 2.24) is 10.2 Å². The predicted octanol–water partition coefficient (Wildman–Crippen LogP) is 5.05. The van der Waals surface area contributed by atoms with Gasteiger partial charge in [0.25, 0.3) is 10.0 Å². The molecule has 0 aliphatic heterocycles. The summed E-state index contributed by atoms with van der Waals surface area (Å²) in [5, 5.41) is 3.30. The van der Waals surface area contributed by atoms with E-state index in [2.05, 4.69) is 5.32 Å². The highest BCUT2D eigenvalue weighted by Crippen LogP contribution is 2.27. The Balaban J connectivity index is 2.06. The van der Waals surface area contributed by atoms with Gasteiger partial charge in [-0.3, -0.25) is 13.9 Å². The Bertz CT molecular complexity index is 1360. The Morgan fingerprint density at radius 2 is 1.62 bits per heavy atom. The number of hydrogen-bond acceptors (Lipinski definition) is 4. The van der Waals surface area contributed by atoms with Gasteiger partial charge in [-0.15, -0.1) is 0 Å². The summed E-state index contributed by atoms with van der Waals surface area (Å²) < 4.78 is 28.5. The fourth-order valence-electron chi connectivity index (χ4n) is 3.99. The molecule has 37 heavy (non-hydrogen) atoms. The smallest absolute Gasteiger partial charge is 0.264 e. The number of hydrogen-bond donors (Lipinski definition) is 1. The van der Waals surface area contributed by atoms with E-state index in [1.54, 1.807) is 25.1 Å². The molecule has 7 nitrogen and oxygen atoms in total. The topological polar surface area (TPSA) is 86.8 Å². The van der Waals surface area contributed by atoms with Crippen LogP contribution in [0.2, 0.25) is 10.0 Å². The van der Waals surface area contributed by atoms with Crippen molar-refractivity contribution in [3.05, 3.63) is 94.0 Å². The van der Waals surface area contributed by atoms with Gasteiger partial charge in [-0.25, -0.2) is 8.42 Å². The second kappa shape index (κ2) is 12.4. The van der Waals surface area contributed by atoms with Crippen molar-refractivity contribution in [1.29, 1.82) is 0 Å². The highest BCUT2D eigenvalue weighted by atomic mass is 35.5. The number of aryl methyl sites for hydroxylation is 1. The number of halogens is 2. The number of carbonyl (C=O) groups excluding carboxylic acids is 2. The first kappa shape index (κ1) is 28.5. The molecule has 10 heteroatoms. The van der Waals surface area contributed by atoms with Crippen LogP contribution in [-0.4, -0.2) is 44.8 Å². The number of benzene rings is 3. The van der Waals surface area contributed by atoms with Crippen LogP contribution in [0.1, 0.15) is 24.5 Å². The lowest BCUT2D eigenvalue weighted by molar-refractivity contribution is -0.140. The second-order valence-corrected chi connectivity index (χ2v) is 11.2. The Morgan fingerprint density at radius 3 is 2.22 bits per heavy atom. The Kier molecular flexibility index (Phi) is 9.59. The van der Waals surface area contributed by atoms with Crippen LogP contribution in [0, 0.1) is 6.92 Å². The molecule has 0 heterocycles. The molecular weight excluding hydrogens is 533 g/mol. The summed E-state index contributed by atoms with van der Waals surface area (Å²) in [5.41, 5.74) is 2.05. The monoisotopic (exact) mass is 561 g/mol. The van der Waals surface area contributed by atoms with Gasteiger partial charge in [0.15, 0.2) is 0 Å². The van der Waals surface area contributed by atoms with Crippen LogP contribution >= 0.6 is 23.2 Å². The van der Waals surface area contributed by atoms with Crippen molar-refractivity contribution in [2.75, 3.05) is 17.9 Å². The molecule has 0 saturated carbocycles. The number of sulfonamides is 1. The number of nitrogens with one attached hydrogen (secondary N) is 1. The first-order valence-corrected chi connectivity index (χ1v) is 13.9. The van der Waals surface area contributed by atoms with E-state index in [9.17, 15) is 18.0 Å². The molecule has 0 spiro atoms. The third-order valence-corrected chi connectivity index (χ3v) is 8.12. The molecule has 1 atom stereocenters. The van der Waals surface area contributed by atoms with Gasteiger partial charge in [0, 0.05) is 23.6 Å². The van der Waals surface area contributed by atoms with Crippen molar-refractivity contribution in [2.24, 2.45) is 0 Å². The first-order valence-electron chi connectivity index (χ1n) is 11.7. The molecule has 1 N–H and O–H groups in total. The number of amides is 2. The van der Waals surface area contributed by atoms with Gasteiger partial charge in [0.1, 0.15) is 12.6 Å². The van der Waals surface area contributed by atoms with Crippen LogP contribution in [0.15, 0.2) is 77.7 Å². The highest BCUT2D eigenvalue weighted by molar-refractivity contribution is 7.92. The Hall–Kier alpha value is -3.07. The van der Waals surface area contributed by atoms with Crippen molar-refractivity contribution in [3.8, 4) is 0 Å². The van der Waals surface area contributed by atoms with Gasteiger partial charge in [-0.2, -0.15) is 0 Å². The summed E-state index contributed by atoms with van der Waals surface area (Å²) in [7, 11) is -2.68. The molecule has 0 radical (unpaired) electrons. The van der Waals surface area contributed by atoms with Crippen molar-refractivity contribution in [2.45, 2.75) is 37.8 Å². The van der Waals surface area contributed by atoms with E-state index in [1.807, 2.05) is 31.2 Å². The minimum atomic E-state index is -4.19. The Labute approximate surface area is 228 Å². The second-order valence-electron chi connectivity index (χ2n) is 8.49. The molecule has 0 aromatic heterocycles. The zero-order valence-corrected chi connectivity index (χ0v) is 23.1. The molecule has 0 aliphatic rings. The molecule has 0 aliphatic carbocycles. The van der Waals surface area contributed by atoms with E-state index in [0.29, 0.717) is 16.5 Å². The SMILES string of the molecule is CCC(C(=O)NC)N(Cc1cccc(C)c1)C(=O)CN(c1cccc(Cl)c1)S(=O)(=O)c1ccc(Cl)cc1. The van der Waals surface area contributed by atoms with Gasteiger partial charge >= 0.3 is 0 Å². The fraction of sp³-hybridized carbons (Fsp3) is 0.259. The third-order valence-electron chi connectivity index (χ3n) is 5.84. The standard InChI is InChI=1S/C27H29Cl2N3O4S/c1-4-25(27(34)30-3)31(17-20-8-5-7-19(2)15-20)26(33)18-32(23-10-6-9-22(29)16-23)37(35,36)24-13-11-21(28)12-14-24/h5-16,25H,4,17-18H2,1-3H3,(H,30,34). The predicted molar refractivity (Wildman–Crippen MR) is 147 cm³/mol. The first-order chi connectivity index (χ1) is 17.6. The summed E-state index contributed by atoms with van der Waals surface area (Å²) in [6.07, 6.45) is 0.346. The van der Waals surface area contributed by atoms with Gasteiger partial charge in [0.05, 0.1) is 10.6 Å². The molecule has 0 saturated heterocycles. The highest BCUT2D eigenvalue weighted by Gasteiger charge is 2.33. The van der Waals surface area contributed by atoms with Gasteiger partial charge < -0.3 is 10.2 Å². The van der Waals surface area contributed by atoms with Crippen LogP contribution < -0.4 is 9.62 Å². The van der Waals surface area contributed by atoms with Gasteiger partial charge in [-0.05, 0) is 61.4 Å². The molecule has 3 aromatic carbocycles. The van der Waals surface area contributed by atoms with Crippen LogP contribution in [-0.2, 0) is 26.2 Å². The molecule has 3 rings (SSSR count). The molecule has 0 bridgehead atoms. The molecule has 0 fully saturated rings. The molecule has 2 amide bonds. The number of nitrogens with zero attached hydrogens (tertiary/aromatic N) is 2. The summed E-state index contributed by atoms with van der Waals surface area (Å²) in [6, 6.07) is 18.8. The van der Waals surface area contributed by atoms with E-state index in [-0.39, 0.29) is 23.0 Å². The normalized spacial score (nSPS) is 12.0. The molecular formula is C27H29Cl2N3O4S. The Morgan fingerprint density at radius 1 is 0.946 bits per heavy atom. The van der Waals surface area contributed by atoms with Gasteiger partial charge in [0.2, 0.25) is 11.8 Å². The third kappa shape index (κ3) is 7.03. The summed E-state index contributed by atoms with van der Waals surface area (Å²) in [4.78, 5) is 28.0. The van der Waals surface area contributed by atoms with Crippen LogP contribution in [0.25, 0.3) is 0 Å². The van der Waals surface area contributed by atoms with E-state index >= 15 is 0 Å². The molecule has 3 aromatic rings. The number of rotatable bonds is 10. The quantitative estimate of drug-likeness (QED) is 0.375. The average molecular weight is 563 g/mol. The largest absolute Gasteiger partial charge is 0.357 e. The number of anilines is 1. The zero-order chi connectivity index (χ0) is 27.2. The van der Waals surface area contributed by atoms with Crippen molar-refractivity contribution >= 4 is 50.7 Å². The molecule has 1 unspecified atom stereocenters. The minimum Gasteiger partial charge on any atom is -0.357 e. The maximum atomic E-state index is 13.8. The lowest BCUT2D eigenvalue weighted by atomic mass is 10.1. The fourth-order valence-corrected chi connectivity index (χ4v) is 5.70. The summed E-state index contributed by atoms with van der Waals surface area (Å²) in [5.74, 6) is -0.868. The van der Waals surface area contributed by atoms with Gasteiger partial charge in [-0.1, -0.05) is 66.0 Å².